The van der Waals surface area contributed by atoms with Gasteiger partial charge in [0.1, 0.15) is 0 Å². The van der Waals surface area contributed by atoms with Crippen LogP contribution in [0.25, 0.3) is 0 Å². The zero-order valence-electron chi connectivity index (χ0n) is 19.5. The third-order valence-corrected chi connectivity index (χ3v) is 6.82. The normalized spacial score (nSPS) is 12.1. The average Bonchev–Trinajstić information content (AvgIpc) is 2.83. The van der Waals surface area contributed by atoms with Crippen molar-refractivity contribution in [2.45, 2.75) is 44.7 Å². The lowest BCUT2D eigenvalue weighted by Crippen LogP contribution is -2.26. The van der Waals surface area contributed by atoms with E-state index in [-0.39, 0.29) is 29.3 Å². The van der Waals surface area contributed by atoms with Crippen LogP contribution in [-0.4, -0.2) is 20.2 Å². The highest BCUT2D eigenvalue weighted by molar-refractivity contribution is 7.89. The third kappa shape index (κ3) is 6.76. The van der Waals surface area contributed by atoms with Gasteiger partial charge in [-0.2, -0.15) is 0 Å². The number of hydrogen-bond donors (Lipinski definition) is 3. The van der Waals surface area contributed by atoms with Crippen molar-refractivity contribution >= 4 is 27.5 Å². The van der Waals surface area contributed by atoms with Gasteiger partial charge < -0.3 is 10.6 Å². The van der Waals surface area contributed by atoms with Gasteiger partial charge in [-0.05, 0) is 66.4 Å². The van der Waals surface area contributed by atoms with Crippen LogP contribution in [0.4, 0.5) is 5.69 Å². The smallest absolute Gasteiger partial charge is 0.251 e. The van der Waals surface area contributed by atoms with Gasteiger partial charge in [0.05, 0.1) is 10.9 Å². The Hall–Kier alpha value is -3.49. The molecule has 0 fully saturated rings. The van der Waals surface area contributed by atoms with E-state index in [0.717, 1.165) is 17.5 Å². The number of anilines is 1. The highest BCUT2D eigenvalue weighted by Crippen LogP contribution is 2.16. The molecule has 0 saturated carbocycles. The van der Waals surface area contributed by atoms with Crippen molar-refractivity contribution in [2.24, 2.45) is 0 Å². The van der Waals surface area contributed by atoms with E-state index >= 15 is 0 Å². The molecule has 0 aliphatic carbocycles. The maximum Gasteiger partial charge on any atom is 0.251 e. The second kappa shape index (κ2) is 11.1. The van der Waals surface area contributed by atoms with Gasteiger partial charge in [0.15, 0.2) is 0 Å². The monoisotopic (exact) mass is 479 g/mol. The number of benzene rings is 3. The third-order valence-electron chi connectivity index (χ3n) is 5.40. The molecule has 3 aromatic carbocycles. The molecule has 3 rings (SSSR count). The topological polar surface area (TPSA) is 104 Å². The molecule has 0 aliphatic rings. The van der Waals surface area contributed by atoms with Crippen molar-refractivity contribution in [2.75, 3.05) is 5.32 Å². The molecule has 0 spiro atoms. The maximum atomic E-state index is 12.6. The number of carbonyl (C=O) groups excluding carboxylic acids is 2. The zero-order chi connectivity index (χ0) is 24.7. The van der Waals surface area contributed by atoms with Gasteiger partial charge in [0, 0.05) is 24.7 Å². The summed E-state index contributed by atoms with van der Waals surface area (Å²) in [5, 5.41) is 5.58. The first-order valence-corrected chi connectivity index (χ1v) is 12.5. The molecule has 0 aliphatic heterocycles. The molecule has 0 saturated heterocycles. The average molecular weight is 480 g/mol. The summed E-state index contributed by atoms with van der Waals surface area (Å²) in [4.78, 5) is 23.8. The van der Waals surface area contributed by atoms with Gasteiger partial charge in [0.25, 0.3) is 5.91 Å². The minimum atomic E-state index is -3.72. The minimum Gasteiger partial charge on any atom is -0.346 e. The first-order valence-electron chi connectivity index (χ1n) is 11.0. The molecule has 3 N–H and O–H groups in total. The summed E-state index contributed by atoms with van der Waals surface area (Å²) in [5.74, 6) is -0.426. The molecule has 0 bridgehead atoms. The van der Waals surface area contributed by atoms with E-state index in [1.165, 1.54) is 36.8 Å². The molecule has 34 heavy (non-hydrogen) atoms. The summed E-state index contributed by atoms with van der Waals surface area (Å²) >= 11 is 0. The number of amides is 2. The molecule has 0 radical (unpaired) electrons. The van der Waals surface area contributed by atoms with E-state index in [0.29, 0.717) is 11.3 Å². The Morgan fingerprint density at radius 3 is 2.00 bits per heavy atom. The number of hydrogen-bond acceptors (Lipinski definition) is 4. The van der Waals surface area contributed by atoms with Crippen molar-refractivity contribution in [3.05, 3.63) is 95.1 Å². The summed E-state index contributed by atoms with van der Waals surface area (Å²) in [6.07, 6.45) is 0.967. The maximum absolute atomic E-state index is 12.6. The molecule has 0 aromatic heterocycles. The number of nitrogens with one attached hydrogen (secondary N) is 3. The van der Waals surface area contributed by atoms with E-state index in [2.05, 4.69) is 34.4 Å². The fourth-order valence-corrected chi connectivity index (χ4v) is 4.38. The largest absolute Gasteiger partial charge is 0.346 e. The molecule has 7 nitrogen and oxygen atoms in total. The predicted octanol–water partition coefficient (Wildman–Crippen LogP) is 4.18. The minimum absolute atomic E-state index is 0.0812. The molecule has 1 atom stereocenters. The summed E-state index contributed by atoms with van der Waals surface area (Å²) in [7, 11) is -3.72. The van der Waals surface area contributed by atoms with E-state index < -0.39 is 10.0 Å². The first kappa shape index (κ1) is 25.1. The lowest BCUT2D eigenvalue weighted by Gasteiger charge is -2.15. The SMILES string of the molecule is CCc1ccc([C@H](C)NC(=O)c2ccc(CNS(=O)(=O)c3ccc(NC(C)=O)cc3)cc2)cc1. The summed E-state index contributed by atoms with van der Waals surface area (Å²) in [5.41, 5.74) is 4.01. The van der Waals surface area contributed by atoms with E-state index in [9.17, 15) is 18.0 Å². The van der Waals surface area contributed by atoms with Crippen LogP contribution in [0.1, 0.15) is 53.9 Å². The predicted molar refractivity (Wildman–Crippen MR) is 133 cm³/mol. The Bertz CT molecular complexity index is 1240. The van der Waals surface area contributed by atoms with E-state index in [1.54, 1.807) is 24.3 Å². The van der Waals surface area contributed by atoms with Crippen LogP contribution < -0.4 is 15.4 Å². The summed E-state index contributed by atoms with van der Waals surface area (Å²) in [6.45, 7) is 5.50. The number of aryl methyl sites for hydroxylation is 1. The molecule has 8 heteroatoms. The van der Waals surface area contributed by atoms with E-state index in [1.807, 2.05) is 19.1 Å². The van der Waals surface area contributed by atoms with Crippen LogP contribution in [0.15, 0.2) is 77.7 Å². The van der Waals surface area contributed by atoms with Crippen LogP contribution in [0.5, 0.6) is 0 Å². The molecular formula is C26H29N3O4S. The zero-order valence-corrected chi connectivity index (χ0v) is 20.3. The van der Waals surface area contributed by atoms with Crippen molar-refractivity contribution in [3.8, 4) is 0 Å². The van der Waals surface area contributed by atoms with Crippen LogP contribution in [0, 0.1) is 0 Å². The Morgan fingerprint density at radius 1 is 0.853 bits per heavy atom. The fourth-order valence-electron chi connectivity index (χ4n) is 3.36. The summed E-state index contributed by atoms with van der Waals surface area (Å²) in [6, 6.07) is 20.7. The van der Waals surface area contributed by atoms with Gasteiger partial charge in [-0.25, -0.2) is 13.1 Å². The second-order valence-corrected chi connectivity index (χ2v) is 9.78. The Kier molecular flexibility index (Phi) is 8.20. The van der Waals surface area contributed by atoms with Crippen LogP contribution in [0.2, 0.25) is 0 Å². The standard InChI is InChI=1S/C26H29N3O4S/c1-4-20-5-9-22(10-6-20)18(2)28-26(31)23-11-7-21(8-12-23)17-27-34(32,33)25-15-13-24(14-16-25)29-19(3)30/h5-16,18,27H,4,17H2,1-3H3,(H,28,31)(H,29,30)/t18-/m0/s1. The van der Waals surface area contributed by atoms with Crippen LogP contribution in [-0.2, 0) is 27.8 Å². The van der Waals surface area contributed by atoms with Gasteiger partial charge >= 0.3 is 0 Å². The highest BCUT2D eigenvalue weighted by Gasteiger charge is 2.15. The van der Waals surface area contributed by atoms with Crippen molar-refractivity contribution in [3.63, 3.8) is 0 Å². The number of carbonyl (C=O) groups is 2. The Labute approximate surface area is 200 Å². The van der Waals surface area contributed by atoms with Crippen molar-refractivity contribution in [1.82, 2.24) is 10.0 Å². The lowest BCUT2D eigenvalue weighted by molar-refractivity contribution is -0.114. The van der Waals surface area contributed by atoms with Crippen LogP contribution >= 0.6 is 0 Å². The second-order valence-electron chi connectivity index (χ2n) is 8.02. The van der Waals surface area contributed by atoms with Crippen molar-refractivity contribution in [1.29, 1.82) is 0 Å². The van der Waals surface area contributed by atoms with Gasteiger partial charge in [-0.1, -0.05) is 43.3 Å². The van der Waals surface area contributed by atoms with Crippen LogP contribution in [0.3, 0.4) is 0 Å². The van der Waals surface area contributed by atoms with Gasteiger partial charge in [-0.3, -0.25) is 9.59 Å². The van der Waals surface area contributed by atoms with Crippen molar-refractivity contribution < 1.29 is 18.0 Å². The quantitative estimate of drug-likeness (QED) is 0.428. The van der Waals surface area contributed by atoms with Gasteiger partial charge in [0.2, 0.25) is 15.9 Å². The lowest BCUT2D eigenvalue weighted by atomic mass is 10.0. The molecular weight excluding hydrogens is 450 g/mol. The molecule has 0 unspecified atom stereocenters. The summed E-state index contributed by atoms with van der Waals surface area (Å²) < 4.78 is 27.6. The Balaban J connectivity index is 1.57. The molecule has 3 aromatic rings. The highest BCUT2D eigenvalue weighted by atomic mass is 32.2. The number of rotatable bonds is 9. The molecule has 2 amide bonds. The molecule has 0 heterocycles. The Morgan fingerprint density at radius 2 is 1.44 bits per heavy atom. The number of sulfonamides is 1. The fraction of sp³-hybridized carbons (Fsp3) is 0.231. The first-order chi connectivity index (χ1) is 16.2. The molecule has 178 valence electrons. The van der Waals surface area contributed by atoms with Gasteiger partial charge in [-0.15, -0.1) is 0 Å². The van der Waals surface area contributed by atoms with E-state index in [4.69, 9.17) is 0 Å².